The number of benzene rings is 1. The molecule has 17 heavy (non-hydrogen) atoms. The van der Waals surface area contributed by atoms with Crippen LogP contribution in [0.25, 0.3) is 0 Å². The molecule has 1 unspecified atom stereocenters. The van der Waals surface area contributed by atoms with Crippen LogP contribution >= 0.6 is 0 Å². The molecule has 1 heteroatoms. The van der Waals surface area contributed by atoms with Gasteiger partial charge in [0.05, 0.1) is 0 Å². The summed E-state index contributed by atoms with van der Waals surface area (Å²) in [6.45, 7) is 6.66. The highest BCUT2D eigenvalue weighted by Crippen LogP contribution is 2.24. The minimum Gasteiger partial charge on any atom is -0.508 e. The Kier molecular flexibility index (Phi) is 5.82. The van der Waals surface area contributed by atoms with E-state index in [1.54, 1.807) is 12.1 Å². The van der Waals surface area contributed by atoms with Crippen molar-refractivity contribution >= 4 is 0 Å². The predicted octanol–water partition coefficient (Wildman–Crippen LogP) is 5.02. The molecule has 1 rings (SSSR count). The first kappa shape index (κ1) is 13.8. The maximum absolute atomic E-state index is 9.24. The summed E-state index contributed by atoms with van der Waals surface area (Å²) in [7, 11) is 0. The van der Waals surface area contributed by atoms with E-state index in [9.17, 15) is 5.11 Å². The molecule has 1 aromatic rings. The molecule has 0 aromatic heterocycles. The van der Waals surface area contributed by atoms with Crippen LogP contribution in [-0.2, 0) is 0 Å². The summed E-state index contributed by atoms with van der Waals surface area (Å²) in [5, 5.41) is 9.24. The van der Waals surface area contributed by atoms with Gasteiger partial charge < -0.3 is 5.11 Å². The van der Waals surface area contributed by atoms with Crippen molar-refractivity contribution in [1.29, 1.82) is 0 Å². The molecular weight excluding hydrogens is 208 g/mol. The Balaban J connectivity index is 2.37. The zero-order chi connectivity index (χ0) is 12.7. The predicted molar refractivity (Wildman–Crippen MR) is 74.4 cm³/mol. The van der Waals surface area contributed by atoms with Gasteiger partial charge in [-0.15, -0.1) is 0 Å². The average molecular weight is 232 g/mol. The summed E-state index contributed by atoms with van der Waals surface area (Å²) < 4.78 is 0. The molecule has 1 nitrogen and oxygen atoms in total. The van der Waals surface area contributed by atoms with Crippen LogP contribution in [0.4, 0.5) is 0 Å². The topological polar surface area (TPSA) is 20.2 Å². The zero-order valence-electron chi connectivity index (χ0n) is 11.2. The molecule has 94 valence electrons. The summed E-state index contributed by atoms with van der Waals surface area (Å²) in [6.07, 6.45) is 7.10. The highest BCUT2D eigenvalue weighted by Gasteiger charge is 2.05. The van der Waals surface area contributed by atoms with E-state index in [0.717, 1.165) is 6.42 Å². The van der Waals surface area contributed by atoms with Crippen molar-refractivity contribution in [3.63, 3.8) is 0 Å². The van der Waals surface area contributed by atoms with Crippen LogP contribution in [0.15, 0.2) is 35.9 Å². The van der Waals surface area contributed by atoms with Crippen molar-refractivity contribution in [1.82, 2.24) is 0 Å². The molecule has 0 aliphatic heterocycles. The zero-order valence-corrected chi connectivity index (χ0v) is 11.2. The van der Waals surface area contributed by atoms with Crippen molar-refractivity contribution < 1.29 is 5.11 Å². The Morgan fingerprint density at radius 3 is 2.53 bits per heavy atom. The average Bonchev–Trinajstić information content (AvgIpc) is 2.30. The number of phenolic OH excluding ortho intramolecular Hbond substituents is 1. The number of phenols is 1. The van der Waals surface area contributed by atoms with Crippen molar-refractivity contribution in [2.75, 3.05) is 0 Å². The van der Waals surface area contributed by atoms with Gasteiger partial charge in [-0.3, -0.25) is 0 Å². The fourth-order valence-electron chi connectivity index (χ4n) is 2.11. The van der Waals surface area contributed by atoms with E-state index in [0.29, 0.717) is 11.7 Å². The maximum atomic E-state index is 9.24. The highest BCUT2D eigenvalue weighted by molar-refractivity contribution is 5.27. The molecule has 0 bridgehead atoms. The Hall–Kier alpha value is -1.24. The van der Waals surface area contributed by atoms with Crippen LogP contribution in [0, 0.1) is 0 Å². The minimum absolute atomic E-state index is 0.350. The molecule has 1 aromatic carbocycles. The Bertz CT molecular complexity index is 348. The molecule has 1 atom stereocenters. The third kappa shape index (κ3) is 5.08. The fraction of sp³-hybridized carbons (Fsp3) is 0.500. The van der Waals surface area contributed by atoms with E-state index in [-0.39, 0.29) is 0 Å². The molecule has 0 radical (unpaired) electrons. The lowest BCUT2D eigenvalue weighted by Gasteiger charge is -2.12. The Morgan fingerprint density at radius 2 is 1.94 bits per heavy atom. The van der Waals surface area contributed by atoms with Gasteiger partial charge in [0.2, 0.25) is 0 Å². The second-order valence-electron chi connectivity index (χ2n) is 4.84. The summed E-state index contributed by atoms with van der Waals surface area (Å²) in [6, 6.07) is 7.59. The molecule has 0 aliphatic rings. The lowest BCUT2D eigenvalue weighted by molar-refractivity contribution is 0.474. The summed E-state index contributed by atoms with van der Waals surface area (Å²) in [4.78, 5) is 0. The number of allylic oxidation sites excluding steroid dienone is 2. The van der Waals surface area contributed by atoms with Gasteiger partial charge in [0.25, 0.3) is 0 Å². The first-order valence-corrected chi connectivity index (χ1v) is 6.58. The van der Waals surface area contributed by atoms with E-state index in [4.69, 9.17) is 0 Å². The molecule has 1 N–H and O–H groups in total. The van der Waals surface area contributed by atoms with Gasteiger partial charge in [-0.1, -0.05) is 37.6 Å². The van der Waals surface area contributed by atoms with Crippen molar-refractivity contribution in [2.45, 2.75) is 52.4 Å². The van der Waals surface area contributed by atoms with Gasteiger partial charge in [0, 0.05) is 0 Å². The van der Waals surface area contributed by atoms with Crippen LogP contribution in [0.1, 0.15) is 57.9 Å². The first-order valence-electron chi connectivity index (χ1n) is 6.58. The number of hydrogen-bond donors (Lipinski definition) is 1. The monoisotopic (exact) mass is 232 g/mol. The van der Waals surface area contributed by atoms with Crippen molar-refractivity contribution in [3.8, 4) is 5.75 Å². The van der Waals surface area contributed by atoms with Gasteiger partial charge in [0.15, 0.2) is 0 Å². The summed E-state index contributed by atoms with van der Waals surface area (Å²) in [5.74, 6) is 0.924. The minimum atomic E-state index is 0.350. The molecule has 0 heterocycles. The van der Waals surface area contributed by atoms with Crippen LogP contribution in [0.3, 0.4) is 0 Å². The second kappa shape index (κ2) is 7.16. The van der Waals surface area contributed by atoms with E-state index in [2.05, 4.69) is 26.8 Å². The molecule has 0 amide bonds. The van der Waals surface area contributed by atoms with Crippen LogP contribution in [-0.4, -0.2) is 5.11 Å². The molecule has 0 fully saturated rings. The first-order chi connectivity index (χ1) is 8.13. The largest absolute Gasteiger partial charge is 0.508 e. The standard InChI is InChI=1S/C16H24O/c1-4-6-13(2)7-5-8-14(3)15-9-11-16(17)12-10-15/h6,9-12,14,17H,4-5,7-8H2,1-3H3/b13-6+. The van der Waals surface area contributed by atoms with Gasteiger partial charge in [-0.2, -0.15) is 0 Å². The smallest absolute Gasteiger partial charge is 0.115 e. The number of rotatable bonds is 6. The van der Waals surface area contributed by atoms with Gasteiger partial charge in [-0.25, -0.2) is 0 Å². The quantitative estimate of drug-likeness (QED) is 0.683. The van der Waals surface area contributed by atoms with Crippen LogP contribution < -0.4 is 0 Å². The summed E-state index contributed by atoms with van der Waals surface area (Å²) in [5.41, 5.74) is 2.82. The van der Waals surface area contributed by atoms with Crippen molar-refractivity contribution in [2.24, 2.45) is 0 Å². The highest BCUT2D eigenvalue weighted by atomic mass is 16.3. The maximum Gasteiger partial charge on any atom is 0.115 e. The third-order valence-corrected chi connectivity index (χ3v) is 3.22. The number of aromatic hydroxyl groups is 1. The lowest BCUT2D eigenvalue weighted by Crippen LogP contribution is -1.93. The van der Waals surface area contributed by atoms with E-state index >= 15 is 0 Å². The van der Waals surface area contributed by atoms with Crippen LogP contribution in [0.2, 0.25) is 0 Å². The van der Waals surface area contributed by atoms with E-state index < -0.39 is 0 Å². The molecule has 0 saturated carbocycles. The number of hydrogen-bond acceptors (Lipinski definition) is 1. The van der Waals surface area contributed by atoms with Gasteiger partial charge >= 0.3 is 0 Å². The van der Waals surface area contributed by atoms with Gasteiger partial charge in [0.1, 0.15) is 5.75 Å². The third-order valence-electron chi connectivity index (χ3n) is 3.22. The molecule has 0 aliphatic carbocycles. The second-order valence-corrected chi connectivity index (χ2v) is 4.84. The van der Waals surface area contributed by atoms with E-state index in [1.807, 2.05) is 12.1 Å². The molecular formula is C16H24O. The molecule has 0 saturated heterocycles. The summed E-state index contributed by atoms with van der Waals surface area (Å²) >= 11 is 0. The van der Waals surface area contributed by atoms with Gasteiger partial charge in [-0.05, 0) is 56.2 Å². The Labute approximate surface area is 105 Å². The van der Waals surface area contributed by atoms with E-state index in [1.165, 1.54) is 30.4 Å². The Morgan fingerprint density at radius 1 is 1.29 bits per heavy atom. The SMILES string of the molecule is CC/C=C(\C)CCCC(C)c1ccc(O)cc1. The lowest BCUT2D eigenvalue weighted by atomic mass is 9.94. The van der Waals surface area contributed by atoms with Crippen molar-refractivity contribution in [3.05, 3.63) is 41.5 Å². The fourth-order valence-corrected chi connectivity index (χ4v) is 2.11. The molecule has 0 spiro atoms. The normalized spacial score (nSPS) is 13.7. The van der Waals surface area contributed by atoms with Crippen LogP contribution in [0.5, 0.6) is 5.75 Å².